The van der Waals surface area contributed by atoms with Gasteiger partial charge in [0.15, 0.2) is 5.16 Å². The fraction of sp³-hybridized carbons (Fsp3) is 0.667. The first-order chi connectivity index (χ1) is 13.3. The van der Waals surface area contributed by atoms with Crippen molar-refractivity contribution in [1.29, 1.82) is 0 Å². The third kappa shape index (κ3) is 6.70. The lowest BCUT2D eigenvalue weighted by atomic mass is 10.2. The highest BCUT2D eigenvalue weighted by Crippen LogP contribution is 2.24. The molecule has 2 N–H and O–H groups in total. The van der Waals surface area contributed by atoms with E-state index < -0.39 is 0 Å². The number of piperazine rings is 1. The summed E-state index contributed by atoms with van der Waals surface area (Å²) in [6, 6.07) is 1.84. The summed E-state index contributed by atoms with van der Waals surface area (Å²) in [6.45, 7) is 10.5. The second-order valence-corrected chi connectivity index (χ2v) is 8.39. The van der Waals surface area contributed by atoms with Gasteiger partial charge < -0.3 is 20.4 Å². The van der Waals surface area contributed by atoms with Crippen molar-refractivity contribution in [2.45, 2.75) is 51.4 Å². The molecule has 8 nitrogen and oxygen atoms in total. The van der Waals surface area contributed by atoms with E-state index in [1.807, 2.05) is 32.6 Å². The van der Waals surface area contributed by atoms with Crippen LogP contribution in [-0.4, -0.2) is 70.8 Å². The Balaban J connectivity index is 1.99. The minimum atomic E-state index is -0.0644. The van der Waals surface area contributed by atoms with Gasteiger partial charge in [-0.3, -0.25) is 4.79 Å². The average Bonchev–Trinajstić information content (AvgIpc) is 2.63. The zero-order chi connectivity index (χ0) is 20.7. The predicted molar refractivity (Wildman–Crippen MR) is 113 cm³/mol. The molecule has 1 aliphatic rings. The van der Waals surface area contributed by atoms with E-state index in [2.05, 4.69) is 25.5 Å². The highest BCUT2D eigenvalue weighted by molar-refractivity contribution is 7.99. The van der Waals surface area contributed by atoms with E-state index in [4.69, 9.17) is 11.6 Å². The maximum atomic E-state index is 12.3. The van der Waals surface area contributed by atoms with Crippen molar-refractivity contribution < 1.29 is 9.59 Å². The predicted octanol–water partition coefficient (Wildman–Crippen LogP) is 2.38. The first kappa shape index (κ1) is 22.5. The van der Waals surface area contributed by atoms with Crippen LogP contribution in [0.5, 0.6) is 0 Å². The average molecular weight is 429 g/mol. The molecule has 10 heteroatoms. The number of hydrogen-bond acceptors (Lipinski definition) is 6. The molecule has 0 radical (unpaired) electrons. The second kappa shape index (κ2) is 10.7. The number of thioether (sulfide) groups is 1. The molecule has 156 valence electrons. The number of anilines is 1. The number of aromatic nitrogens is 2. The summed E-state index contributed by atoms with van der Waals surface area (Å²) in [6.07, 6.45) is 0.912. The van der Waals surface area contributed by atoms with Gasteiger partial charge in [-0.2, -0.15) is 0 Å². The number of urea groups is 1. The van der Waals surface area contributed by atoms with Crippen LogP contribution in [0.1, 0.15) is 34.1 Å². The molecular formula is C18H29ClN6O2S. The van der Waals surface area contributed by atoms with Gasteiger partial charge in [-0.25, -0.2) is 14.8 Å². The first-order valence-electron chi connectivity index (χ1n) is 9.56. The van der Waals surface area contributed by atoms with Gasteiger partial charge in [0, 0.05) is 44.3 Å². The molecule has 2 heterocycles. The van der Waals surface area contributed by atoms with E-state index in [1.54, 1.807) is 6.07 Å². The van der Waals surface area contributed by atoms with E-state index >= 15 is 0 Å². The summed E-state index contributed by atoms with van der Waals surface area (Å²) in [4.78, 5) is 36.8. The van der Waals surface area contributed by atoms with E-state index in [1.165, 1.54) is 11.8 Å². The SMILES string of the molecule is CCCNC(=O)N1CCN(c2cc(Cl)nc(SCC(=O)NC(C)C)n2)C[C@@H]1C. The van der Waals surface area contributed by atoms with Gasteiger partial charge in [0.25, 0.3) is 0 Å². The molecule has 0 saturated carbocycles. The lowest BCUT2D eigenvalue weighted by Crippen LogP contribution is -2.56. The molecule has 1 aliphatic heterocycles. The van der Waals surface area contributed by atoms with Crippen LogP contribution >= 0.6 is 23.4 Å². The Morgan fingerprint density at radius 1 is 1.36 bits per heavy atom. The number of nitrogens with zero attached hydrogens (tertiary/aromatic N) is 4. The molecule has 0 bridgehead atoms. The first-order valence-corrected chi connectivity index (χ1v) is 10.9. The topological polar surface area (TPSA) is 90.5 Å². The van der Waals surface area contributed by atoms with Crippen molar-refractivity contribution in [3.05, 3.63) is 11.2 Å². The Bertz CT molecular complexity index is 690. The monoisotopic (exact) mass is 428 g/mol. The third-order valence-electron chi connectivity index (χ3n) is 4.18. The molecule has 28 heavy (non-hydrogen) atoms. The van der Waals surface area contributed by atoms with Gasteiger partial charge in [-0.1, -0.05) is 30.3 Å². The maximum absolute atomic E-state index is 12.3. The smallest absolute Gasteiger partial charge is 0.317 e. The Labute approximate surface area is 175 Å². The molecule has 0 spiro atoms. The summed E-state index contributed by atoms with van der Waals surface area (Å²) in [5.74, 6) is 0.886. The van der Waals surface area contributed by atoms with Gasteiger partial charge >= 0.3 is 6.03 Å². The molecule has 2 rings (SSSR count). The quantitative estimate of drug-likeness (QED) is 0.393. The Kier molecular flexibility index (Phi) is 8.62. The molecule has 1 fully saturated rings. The van der Waals surface area contributed by atoms with Crippen LogP contribution in [0.3, 0.4) is 0 Å². The van der Waals surface area contributed by atoms with Gasteiger partial charge in [0.05, 0.1) is 5.75 Å². The standard InChI is InChI=1S/C18H29ClN6O2S/c1-5-6-20-18(27)25-8-7-24(10-13(25)4)15-9-14(19)22-17(23-15)28-11-16(26)21-12(2)3/h9,12-13H,5-8,10-11H2,1-4H3,(H,20,27)(H,21,26)/t13-/m0/s1. The number of carbonyl (C=O) groups is 2. The highest BCUT2D eigenvalue weighted by Gasteiger charge is 2.28. The Morgan fingerprint density at radius 2 is 2.11 bits per heavy atom. The van der Waals surface area contributed by atoms with Crippen LogP contribution in [-0.2, 0) is 4.79 Å². The molecule has 1 saturated heterocycles. The number of hydrogen-bond donors (Lipinski definition) is 2. The molecule has 3 amide bonds. The summed E-state index contributed by atoms with van der Waals surface area (Å²) in [5.41, 5.74) is 0. The zero-order valence-corrected chi connectivity index (χ0v) is 18.4. The molecule has 0 aromatic carbocycles. The lowest BCUT2D eigenvalue weighted by Gasteiger charge is -2.40. The molecular weight excluding hydrogens is 400 g/mol. The largest absolute Gasteiger partial charge is 0.353 e. The van der Waals surface area contributed by atoms with Crippen molar-refractivity contribution in [1.82, 2.24) is 25.5 Å². The normalized spacial score (nSPS) is 17.0. The molecule has 1 atom stereocenters. The van der Waals surface area contributed by atoms with Crippen LogP contribution in [0.15, 0.2) is 11.2 Å². The Morgan fingerprint density at radius 3 is 2.75 bits per heavy atom. The van der Waals surface area contributed by atoms with Gasteiger partial charge in [-0.05, 0) is 27.2 Å². The van der Waals surface area contributed by atoms with Crippen LogP contribution in [0, 0.1) is 0 Å². The zero-order valence-electron chi connectivity index (χ0n) is 16.9. The lowest BCUT2D eigenvalue weighted by molar-refractivity contribution is -0.119. The fourth-order valence-corrected chi connectivity index (χ4v) is 3.80. The van der Waals surface area contributed by atoms with Gasteiger partial charge in [0.1, 0.15) is 11.0 Å². The van der Waals surface area contributed by atoms with Crippen LogP contribution < -0.4 is 15.5 Å². The number of carbonyl (C=O) groups excluding carboxylic acids is 2. The van der Waals surface area contributed by atoms with Gasteiger partial charge in [0.2, 0.25) is 5.91 Å². The maximum Gasteiger partial charge on any atom is 0.317 e. The van der Waals surface area contributed by atoms with Crippen molar-refractivity contribution >= 4 is 41.1 Å². The number of nitrogens with one attached hydrogen (secondary N) is 2. The summed E-state index contributed by atoms with van der Waals surface area (Å²) >= 11 is 7.43. The van der Waals surface area contributed by atoms with E-state index in [-0.39, 0.29) is 29.8 Å². The van der Waals surface area contributed by atoms with Crippen LogP contribution in [0.25, 0.3) is 0 Å². The minimum absolute atomic E-state index is 0.0258. The van der Waals surface area contributed by atoms with E-state index in [9.17, 15) is 9.59 Å². The summed E-state index contributed by atoms with van der Waals surface area (Å²) in [5, 5.41) is 6.58. The summed E-state index contributed by atoms with van der Waals surface area (Å²) < 4.78 is 0. The van der Waals surface area contributed by atoms with Crippen molar-refractivity contribution in [3.8, 4) is 0 Å². The second-order valence-electron chi connectivity index (χ2n) is 7.06. The molecule has 0 unspecified atom stereocenters. The highest BCUT2D eigenvalue weighted by atomic mass is 35.5. The van der Waals surface area contributed by atoms with Crippen LogP contribution in [0.2, 0.25) is 5.15 Å². The third-order valence-corrected chi connectivity index (χ3v) is 5.22. The van der Waals surface area contributed by atoms with Crippen molar-refractivity contribution in [2.24, 2.45) is 0 Å². The van der Waals surface area contributed by atoms with Crippen molar-refractivity contribution in [3.63, 3.8) is 0 Å². The Hall–Kier alpha value is -1.74. The molecule has 1 aromatic rings. The number of amides is 3. The van der Waals surface area contributed by atoms with Gasteiger partial charge in [-0.15, -0.1) is 0 Å². The fourth-order valence-electron chi connectivity index (χ4n) is 2.91. The molecule has 0 aliphatic carbocycles. The van der Waals surface area contributed by atoms with E-state index in [0.717, 1.165) is 6.42 Å². The minimum Gasteiger partial charge on any atom is -0.353 e. The number of halogens is 1. The van der Waals surface area contributed by atoms with E-state index in [0.29, 0.717) is 42.3 Å². The van der Waals surface area contributed by atoms with Crippen LogP contribution in [0.4, 0.5) is 10.6 Å². The molecule has 1 aromatic heterocycles. The number of rotatable bonds is 7. The van der Waals surface area contributed by atoms with Crippen molar-refractivity contribution in [2.75, 3.05) is 36.8 Å². The summed E-state index contributed by atoms with van der Waals surface area (Å²) in [7, 11) is 0.